The molecule has 0 aromatic heterocycles. The Kier molecular flexibility index (Phi) is 6.30. The highest BCUT2D eigenvalue weighted by molar-refractivity contribution is 5.20. The summed E-state index contributed by atoms with van der Waals surface area (Å²) in [5, 5.41) is 3.31. The normalized spacial score (nSPS) is 14.8. The predicted octanol–water partition coefficient (Wildman–Crippen LogP) is 3.68. The Bertz CT molecular complexity index is 354. The quantitative estimate of drug-likeness (QED) is 0.800. The van der Waals surface area contributed by atoms with Crippen molar-refractivity contribution in [2.75, 3.05) is 6.54 Å². The molecule has 0 heterocycles. The van der Waals surface area contributed by atoms with E-state index in [0.717, 1.165) is 6.42 Å². The van der Waals surface area contributed by atoms with Gasteiger partial charge in [-0.3, -0.25) is 0 Å². The van der Waals surface area contributed by atoms with E-state index in [1.807, 2.05) is 13.0 Å². The number of ether oxygens (including phenoxy) is 1. The summed E-state index contributed by atoms with van der Waals surface area (Å²) in [5.74, 6) is -0.198. The summed E-state index contributed by atoms with van der Waals surface area (Å²) in [7, 11) is 0. The highest BCUT2D eigenvalue weighted by Crippen LogP contribution is 2.22. The molecule has 0 aliphatic carbocycles. The van der Waals surface area contributed by atoms with Gasteiger partial charge in [-0.05, 0) is 19.4 Å². The van der Waals surface area contributed by atoms with E-state index in [-0.39, 0.29) is 18.0 Å². The first-order chi connectivity index (χ1) is 8.54. The second-order valence-electron chi connectivity index (χ2n) is 4.93. The molecule has 0 amide bonds. The van der Waals surface area contributed by atoms with E-state index >= 15 is 0 Å². The van der Waals surface area contributed by atoms with E-state index in [0.29, 0.717) is 18.2 Å². The fraction of sp³-hybridized carbons (Fsp3) is 0.600. The van der Waals surface area contributed by atoms with E-state index in [9.17, 15) is 4.39 Å². The van der Waals surface area contributed by atoms with Gasteiger partial charge in [-0.25, -0.2) is 4.39 Å². The van der Waals surface area contributed by atoms with Gasteiger partial charge in [0.1, 0.15) is 5.82 Å². The number of benzene rings is 1. The van der Waals surface area contributed by atoms with E-state index < -0.39 is 0 Å². The lowest BCUT2D eigenvalue weighted by Crippen LogP contribution is -2.31. The standard InChI is InChI=1S/C15H24FNO/c1-5-12(4)18-15(10-17-11(2)3)13-8-6-7-9-14(13)16/h6-9,11-12,15,17H,5,10H2,1-4H3. The maximum absolute atomic E-state index is 13.8. The van der Waals surface area contributed by atoms with Crippen LogP contribution in [0.3, 0.4) is 0 Å². The molecule has 1 N–H and O–H groups in total. The molecule has 1 aromatic rings. The zero-order chi connectivity index (χ0) is 13.5. The molecule has 0 saturated heterocycles. The average Bonchev–Trinajstić information content (AvgIpc) is 2.34. The maximum Gasteiger partial charge on any atom is 0.129 e. The Morgan fingerprint density at radius 2 is 1.89 bits per heavy atom. The van der Waals surface area contributed by atoms with Crippen LogP contribution in [0.25, 0.3) is 0 Å². The molecule has 0 aliphatic rings. The summed E-state index contributed by atoms with van der Waals surface area (Å²) in [4.78, 5) is 0. The SMILES string of the molecule is CCC(C)OC(CNC(C)C)c1ccccc1F. The van der Waals surface area contributed by atoms with Crippen molar-refractivity contribution in [3.8, 4) is 0 Å². The van der Waals surface area contributed by atoms with Crippen molar-refractivity contribution in [2.45, 2.75) is 52.4 Å². The zero-order valence-electron chi connectivity index (χ0n) is 11.7. The Labute approximate surface area is 110 Å². The molecule has 2 nitrogen and oxygen atoms in total. The van der Waals surface area contributed by atoms with E-state index in [4.69, 9.17) is 4.74 Å². The lowest BCUT2D eigenvalue weighted by Gasteiger charge is -2.24. The molecule has 0 saturated carbocycles. The van der Waals surface area contributed by atoms with Crippen molar-refractivity contribution in [1.29, 1.82) is 0 Å². The van der Waals surface area contributed by atoms with Gasteiger partial charge in [0.05, 0.1) is 12.2 Å². The molecule has 18 heavy (non-hydrogen) atoms. The molecule has 2 atom stereocenters. The smallest absolute Gasteiger partial charge is 0.129 e. The predicted molar refractivity (Wildman–Crippen MR) is 73.1 cm³/mol. The molecule has 0 bridgehead atoms. The first-order valence-electron chi connectivity index (χ1n) is 6.67. The molecular formula is C15H24FNO. The fourth-order valence-electron chi connectivity index (χ4n) is 1.69. The first kappa shape index (κ1) is 15.1. The molecule has 0 fully saturated rings. The fourth-order valence-corrected chi connectivity index (χ4v) is 1.69. The molecule has 1 aromatic carbocycles. The van der Waals surface area contributed by atoms with E-state index in [2.05, 4.69) is 26.1 Å². The molecule has 0 spiro atoms. The second kappa shape index (κ2) is 7.49. The van der Waals surface area contributed by atoms with Gasteiger partial charge in [-0.15, -0.1) is 0 Å². The van der Waals surface area contributed by atoms with Gasteiger partial charge >= 0.3 is 0 Å². The lowest BCUT2D eigenvalue weighted by atomic mass is 10.1. The second-order valence-corrected chi connectivity index (χ2v) is 4.93. The van der Waals surface area contributed by atoms with Crippen LogP contribution in [-0.2, 0) is 4.74 Å². The van der Waals surface area contributed by atoms with Gasteiger partial charge in [0.2, 0.25) is 0 Å². The minimum absolute atomic E-state index is 0.128. The van der Waals surface area contributed by atoms with E-state index in [1.54, 1.807) is 12.1 Å². The van der Waals surface area contributed by atoms with Crippen LogP contribution in [0.1, 0.15) is 45.8 Å². The van der Waals surface area contributed by atoms with Crippen molar-refractivity contribution in [2.24, 2.45) is 0 Å². The number of halogens is 1. The van der Waals surface area contributed by atoms with Gasteiger partial charge in [0.15, 0.2) is 0 Å². The highest BCUT2D eigenvalue weighted by Gasteiger charge is 2.18. The summed E-state index contributed by atoms with van der Waals surface area (Å²) in [5.41, 5.74) is 0.631. The van der Waals surface area contributed by atoms with Crippen LogP contribution in [0.5, 0.6) is 0 Å². The Morgan fingerprint density at radius 1 is 1.22 bits per heavy atom. The summed E-state index contributed by atoms with van der Waals surface area (Å²) < 4.78 is 19.7. The lowest BCUT2D eigenvalue weighted by molar-refractivity contribution is -0.00710. The Hall–Kier alpha value is -0.930. The number of hydrogen-bond donors (Lipinski definition) is 1. The van der Waals surface area contributed by atoms with Gasteiger partial charge in [-0.1, -0.05) is 39.0 Å². The van der Waals surface area contributed by atoms with Crippen molar-refractivity contribution in [3.05, 3.63) is 35.6 Å². The maximum atomic E-state index is 13.8. The molecule has 102 valence electrons. The minimum atomic E-state index is -0.233. The Balaban J connectivity index is 2.79. The summed E-state index contributed by atoms with van der Waals surface area (Å²) in [6.07, 6.45) is 0.819. The third-order valence-electron chi connectivity index (χ3n) is 2.94. The number of nitrogens with one attached hydrogen (secondary N) is 1. The molecule has 0 aliphatic heterocycles. The highest BCUT2D eigenvalue weighted by atomic mass is 19.1. The Morgan fingerprint density at radius 3 is 2.44 bits per heavy atom. The van der Waals surface area contributed by atoms with Crippen molar-refractivity contribution in [3.63, 3.8) is 0 Å². The number of rotatable bonds is 7. The van der Waals surface area contributed by atoms with Gasteiger partial charge in [0.25, 0.3) is 0 Å². The van der Waals surface area contributed by atoms with Gasteiger partial charge in [-0.2, -0.15) is 0 Å². The van der Waals surface area contributed by atoms with Gasteiger partial charge < -0.3 is 10.1 Å². The van der Waals surface area contributed by atoms with Crippen molar-refractivity contribution < 1.29 is 9.13 Å². The topological polar surface area (TPSA) is 21.3 Å². The van der Waals surface area contributed by atoms with E-state index in [1.165, 1.54) is 6.07 Å². The number of hydrogen-bond acceptors (Lipinski definition) is 2. The molecule has 0 radical (unpaired) electrons. The summed E-state index contributed by atoms with van der Waals surface area (Å²) >= 11 is 0. The zero-order valence-corrected chi connectivity index (χ0v) is 11.7. The van der Waals surface area contributed by atoms with Crippen LogP contribution in [0, 0.1) is 5.82 Å². The van der Waals surface area contributed by atoms with Crippen molar-refractivity contribution in [1.82, 2.24) is 5.32 Å². The average molecular weight is 253 g/mol. The monoisotopic (exact) mass is 253 g/mol. The van der Waals surface area contributed by atoms with Crippen LogP contribution in [0.4, 0.5) is 4.39 Å². The van der Waals surface area contributed by atoms with Crippen LogP contribution >= 0.6 is 0 Å². The molecule has 3 heteroatoms. The summed E-state index contributed by atoms with van der Waals surface area (Å²) in [6.45, 7) is 8.86. The summed E-state index contributed by atoms with van der Waals surface area (Å²) in [6, 6.07) is 7.19. The van der Waals surface area contributed by atoms with Gasteiger partial charge in [0, 0.05) is 18.2 Å². The van der Waals surface area contributed by atoms with Crippen LogP contribution in [0.2, 0.25) is 0 Å². The minimum Gasteiger partial charge on any atom is -0.369 e. The first-order valence-corrected chi connectivity index (χ1v) is 6.67. The molecular weight excluding hydrogens is 229 g/mol. The van der Waals surface area contributed by atoms with Crippen molar-refractivity contribution >= 4 is 0 Å². The molecule has 1 rings (SSSR count). The van der Waals surface area contributed by atoms with Crippen LogP contribution in [0.15, 0.2) is 24.3 Å². The van der Waals surface area contributed by atoms with Crippen LogP contribution in [-0.4, -0.2) is 18.7 Å². The molecule has 2 unspecified atom stereocenters. The van der Waals surface area contributed by atoms with Crippen LogP contribution < -0.4 is 5.32 Å². The third-order valence-corrected chi connectivity index (χ3v) is 2.94. The largest absolute Gasteiger partial charge is 0.369 e. The third kappa shape index (κ3) is 4.75.